The molecular formula is C16H16FNO2S. The van der Waals surface area contributed by atoms with Crippen LogP contribution in [0.15, 0.2) is 47.4 Å². The second-order valence-electron chi connectivity index (χ2n) is 5.31. The van der Waals surface area contributed by atoms with E-state index < -0.39 is 9.84 Å². The van der Waals surface area contributed by atoms with E-state index in [1.165, 1.54) is 6.07 Å². The summed E-state index contributed by atoms with van der Waals surface area (Å²) in [5.74, 6) is -0.117. The molecule has 2 aromatic rings. The van der Waals surface area contributed by atoms with Gasteiger partial charge in [0.15, 0.2) is 9.84 Å². The van der Waals surface area contributed by atoms with Crippen molar-refractivity contribution in [1.82, 2.24) is 0 Å². The molecule has 1 aliphatic heterocycles. The average molecular weight is 305 g/mol. The molecule has 1 atom stereocenters. The minimum absolute atomic E-state index is 0.0745. The van der Waals surface area contributed by atoms with Gasteiger partial charge in [-0.05, 0) is 48.7 Å². The Morgan fingerprint density at radius 1 is 1.19 bits per heavy atom. The molecule has 0 bridgehead atoms. The van der Waals surface area contributed by atoms with Crippen LogP contribution in [0.4, 0.5) is 10.1 Å². The highest BCUT2D eigenvalue weighted by atomic mass is 32.2. The third kappa shape index (κ3) is 2.65. The van der Waals surface area contributed by atoms with Gasteiger partial charge in [0.25, 0.3) is 0 Å². The fraction of sp³-hybridized carbons (Fsp3) is 0.250. The summed E-state index contributed by atoms with van der Waals surface area (Å²) in [6.07, 6.45) is 0.510. The summed E-state index contributed by atoms with van der Waals surface area (Å²) < 4.78 is 37.5. The Morgan fingerprint density at radius 3 is 2.71 bits per heavy atom. The Labute approximate surface area is 123 Å². The lowest BCUT2D eigenvalue weighted by atomic mass is 10.0. The van der Waals surface area contributed by atoms with Gasteiger partial charge < -0.3 is 5.32 Å². The van der Waals surface area contributed by atoms with Crippen LogP contribution in [0.25, 0.3) is 0 Å². The highest BCUT2D eigenvalue weighted by Gasteiger charge is 2.29. The van der Waals surface area contributed by atoms with Crippen LogP contribution in [0.2, 0.25) is 0 Å². The molecule has 5 heteroatoms. The monoisotopic (exact) mass is 305 g/mol. The molecule has 3 rings (SSSR count). The number of rotatable bonds is 2. The lowest BCUT2D eigenvalue weighted by molar-refractivity contribution is 0.576. The summed E-state index contributed by atoms with van der Waals surface area (Å²) in [6.45, 7) is 1.71. The largest absolute Gasteiger partial charge is 0.378 e. The van der Waals surface area contributed by atoms with Crippen LogP contribution in [-0.2, 0) is 9.84 Å². The number of fused-ring (bicyclic) bond motifs is 1. The molecule has 0 aromatic heterocycles. The molecule has 0 fully saturated rings. The molecule has 21 heavy (non-hydrogen) atoms. The van der Waals surface area contributed by atoms with Crippen molar-refractivity contribution < 1.29 is 12.8 Å². The van der Waals surface area contributed by atoms with Crippen molar-refractivity contribution in [2.75, 3.05) is 11.1 Å². The predicted octanol–water partition coefficient (Wildman–Crippen LogP) is 3.46. The molecule has 1 unspecified atom stereocenters. The van der Waals surface area contributed by atoms with Gasteiger partial charge in [0.05, 0.1) is 16.7 Å². The fourth-order valence-electron chi connectivity index (χ4n) is 2.68. The number of halogens is 1. The molecule has 0 amide bonds. The number of nitrogens with one attached hydrogen (secondary N) is 1. The van der Waals surface area contributed by atoms with Gasteiger partial charge in [-0.3, -0.25) is 0 Å². The molecule has 1 N–H and O–H groups in total. The van der Waals surface area contributed by atoms with Crippen LogP contribution in [0.3, 0.4) is 0 Å². The van der Waals surface area contributed by atoms with Crippen LogP contribution in [-0.4, -0.2) is 14.2 Å². The Hall–Kier alpha value is -1.88. The van der Waals surface area contributed by atoms with E-state index in [-0.39, 0.29) is 17.6 Å². The first-order chi connectivity index (χ1) is 9.97. The summed E-state index contributed by atoms with van der Waals surface area (Å²) in [5.41, 5.74) is 2.15. The van der Waals surface area contributed by atoms with E-state index in [0.717, 1.165) is 11.3 Å². The van der Waals surface area contributed by atoms with Crippen molar-refractivity contribution in [1.29, 1.82) is 0 Å². The van der Waals surface area contributed by atoms with Gasteiger partial charge in [-0.2, -0.15) is 0 Å². The normalized spacial score (nSPS) is 19.8. The minimum atomic E-state index is -3.18. The zero-order valence-electron chi connectivity index (χ0n) is 11.6. The van der Waals surface area contributed by atoms with Crippen LogP contribution in [0, 0.1) is 12.7 Å². The summed E-state index contributed by atoms with van der Waals surface area (Å²) >= 11 is 0. The zero-order chi connectivity index (χ0) is 15.0. The minimum Gasteiger partial charge on any atom is -0.378 e. The SMILES string of the molecule is Cc1cc(NC2CCS(=O)(=O)c3ccccc32)ccc1F. The second-order valence-corrected chi connectivity index (χ2v) is 7.38. The molecule has 0 spiro atoms. The van der Waals surface area contributed by atoms with Crippen molar-refractivity contribution in [3.63, 3.8) is 0 Å². The lowest BCUT2D eigenvalue weighted by Gasteiger charge is -2.27. The number of anilines is 1. The highest BCUT2D eigenvalue weighted by Crippen LogP contribution is 2.34. The van der Waals surface area contributed by atoms with Crippen molar-refractivity contribution in [3.8, 4) is 0 Å². The number of hydrogen-bond donors (Lipinski definition) is 1. The topological polar surface area (TPSA) is 46.2 Å². The summed E-state index contributed by atoms with van der Waals surface area (Å²) in [4.78, 5) is 0.396. The van der Waals surface area contributed by atoms with Crippen LogP contribution in [0.1, 0.15) is 23.6 Å². The van der Waals surface area contributed by atoms with Crippen LogP contribution in [0.5, 0.6) is 0 Å². The molecule has 2 aromatic carbocycles. The van der Waals surface area contributed by atoms with Gasteiger partial charge in [-0.15, -0.1) is 0 Å². The molecule has 0 radical (unpaired) electrons. The maximum absolute atomic E-state index is 13.3. The van der Waals surface area contributed by atoms with E-state index in [1.54, 1.807) is 31.2 Å². The number of hydrogen-bond acceptors (Lipinski definition) is 3. The number of sulfone groups is 1. The maximum Gasteiger partial charge on any atom is 0.178 e. The van der Waals surface area contributed by atoms with Gasteiger partial charge in [0.2, 0.25) is 0 Å². The van der Waals surface area contributed by atoms with Gasteiger partial charge in [-0.25, -0.2) is 12.8 Å². The fourth-order valence-corrected chi connectivity index (χ4v) is 4.30. The first kappa shape index (κ1) is 14.1. The smallest absolute Gasteiger partial charge is 0.178 e. The van der Waals surface area contributed by atoms with E-state index >= 15 is 0 Å². The average Bonchev–Trinajstić information content (AvgIpc) is 2.46. The van der Waals surface area contributed by atoms with Gasteiger partial charge in [0, 0.05) is 5.69 Å². The third-order valence-corrected chi connectivity index (χ3v) is 5.62. The molecule has 0 aliphatic carbocycles. The summed E-state index contributed by atoms with van der Waals surface area (Å²) in [7, 11) is -3.18. The summed E-state index contributed by atoms with van der Waals surface area (Å²) in [5, 5.41) is 3.31. The quantitative estimate of drug-likeness (QED) is 0.924. The molecule has 0 saturated heterocycles. The number of aryl methyl sites for hydroxylation is 1. The van der Waals surface area contributed by atoms with Crippen LogP contribution < -0.4 is 5.32 Å². The Balaban J connectivity index is 1.95. The lowest BCUT2D eigenvalue weighted by Crippen LogP contribution is -2.24. The first-order valence-corrected chi connectivity index (χ1v) is 8.47. The van der Waals surface area contributed by atoms with Gasteiger partial charge >= 0.3 is 0 Å². The standard InChI is InChI=1S/C16H16FNO2S/c1-11-10-12(6-7-14(11)17)18-15-8-9-21(19,20)16-5-3-2-4-13(15)16/h2-7,10,15,18H,8-9H2,1H3. The van der Waals surface area contributed by atoms with E-state index in [0.29, 0.717) is 16.9 Å². The first-order valence-electron chi connectivity index (χ1n) is 6.82. The molecule has 1 aliphatic rings. The molecule has 0 saturated carbocycles. The van der Waals surface area contributed by atoms with E-state index in [9.17, 15) is 12.8 Å². The van der Waals surface area contributed by atoms with Gasteiger partial charge in [0.1, 0.15) is 5.82 Å². The summed E-state index contributed by atoms with van der Waals surface area (Å²) in [6, 6.07) is 11.8. The zero-order valence-corrected chi connectivity index (χ0v) is 12.5. The third-order valence-electron chi connectivity index (χ3n) is 3.80. The maximum atomic E-state index is 13.3. The Bertz CT molecular complexity index is 787. The van der Waals surface area contributed by atoms with E-state index in [4.69, 9.17) is 0 Å². The highest BCUT2D eigenvalue weighted by molar-refractivity contribution is 7.91. The van der Waals surface area contributed by atoms with Crippen molar-refractivity contribution in [3.05, 3.63) is 59.4 Å². The molecule has 1 heterocycles. The molecule has 3 nitrogen and oxygen atoms in total. The van der Waals surface area contributed by atoms with Crippen molar-refractivity contribution >= 4 is 15.5 Å². The van der Waals surface area contributed by atoms with E-state index in [1.807, 2.05) is 12.1 Å². The molecule has 110 valence electrons. The molecular weight excluding hydrogens is 289 g/mol. The Morgan fingerprint density at radius 2 is 1.95 bits per heavy atom. The van der Waals surface area contributed by atoms with Crippen molar-refractivity contribution in [2.24, 2.45) is 0 Å². The predicted molar refractivity (Wildman–Crippen MR) is 80.6 cm³/mol. The van der Waals surface area contributed by atoms with Crippen molar-refractivity contribution in [2.45, 2.75) is 24.3 Å². The Kier molecular flexibility index (Phi) is 3.45. The second kappa shape index (κ2) is 5.15. The van der Waals surface area contributed by atoms with Crippen LogP contribution >= 0.6 is 0 Å². The van der Waals surface area contributed by atoms with Gasteiger partial charge in [-0.1, -0.05) is 18.2 Å². The van der Waals surface area contributed by atoms with E-state index in [2.05, 4.69) is 5.32 Å². The number of benzene rings is 2.